The molecule has 6 heteroatoms. The summed E-state index contributed by atoms with van der Waals surface area (Å²) in [4.78, 5) is 0.265. The summed E-state index contributed by atoms with van der Waals surface area (Å²) in [6.07, 6.45) is 0. The number of benzene rings is 4. The fourth-order valence-corrected chi connectivity index (χ4v) is 5.74. The number of hydrogen-bond donors (Lipinski definition) is 2. The highest BCUT2D eigenvalue weighted by Crippen LogP contribution is 2.46. The molecule has 2 unspecified atom stereocenters. The molecule has 1 aliphatic carbocycles. The van der Waals surface area contributed by atoms with E-state index in [2.05, 4.69) is 50.8 Å². The molecule has 2 atom stereocenters. The van der Waals surface area contributed by atoms with Crippen molar-refractivity contribution >= 4 is 49.1 Å². The third kappa shape index (κ3) is 3.49. The van der Waals surface area contributed by atoms with Gasteiger partial charge < -0.3 is 5.32 Å². The van der Waals surface area contributed by atoms with Gasteiger partial charge in [-0.2, -0.15) is 0 Å². The molecule has 0 radical (unpaired) electrons. The van der Waals surface area contributed by atoms with Crippen LogP contribution in [0, 0.1) is 3.57 Å². The maximum atomic E-state index is 13.2. The van der Waals surface area contributed by atoms with Gasteiger partial charge in [-0.1, -0.05) is 54.6 Å². The Morgan fingerprint density at radius 2 is 1.33 bits per heavy atom. The van der Waals surface area contributed by atoms with Crippen molar-refractivity contribution < 1.29 is 8.42 Å². The molecular weight excluding hydrogens is 507 g/mol. The first kappa shape index (κ1) is 19.5. The van der Waals surface area contributed by atoms with Crippen molar-refractivity contribution in [2.45, 2.75) is 17.0 Å². The molecule has 1 aliphatic rings. The molecule has 4 aromatic carbocycles. The molecule has 0 aliphatic heterocycles. The minimum absolute atomic E-state index is 0.218. The lowest BCUT2D eigenvalue weighted by molar-refractivity contribution is 0.534. The first-order valence-corrected chi connectivity index (χ1v) is 12.2. The molecule has 4 nitrogen and oxygen atoms in total. The van der Waals surface area contributed by atoms with Crippen LogP contribution < -0.4 is 10.0 Å². The molecule has 0 heterocycles. The van der Waals surface area contributed by atoms with Crippen LogP contribution in [0.5, 0.6) is 0 Å². The molecule has 30 heavy (non-hydrogen) atoms. The van der Waals surface area contributed by atoms with Crippen LogP contribution in [0.2, 0.25) is 0 Å². The Balaban J connectivity index is 1.60. The molecule has 0 amide bonds. The predicted octanol–water partition coefficient (Wildman–Crippen LogP) is 5.63. The van der Waals surface area contributed by atoms with Crippen molar-refractivity contribution in [3.63, 3.8) is 0 Å². The van der Waals surface area contributed by atoms with Gasteiger partial charge in [-0.15, -0.1) is 0 Å². The van der Waals surface area contributed by atoms with Crippen molar-refractivity contribution in [2.24, 2.45) is 0 Å². The summed E-state index contributed by atoms with van der Waals surface area (Å²) < 4.78 is 30.4. The Labute approximate surface area is 189 Å². The quantitative estimate of drug-likeness (QED) is 0.332. The summed E-state index contributed by atoms with van der Waals surface area (Å²) in [6, 6.07) is 28.2. The molecule has 0 saturated heterocycles. The summed E-state index contributed by atoms with van der Waals surface area (Å²) in [5.74, 6) is 0. The summed E-state index contributed by atoms with van der Waals surface area (Å²) in [5, 5.41) is 5.80. The van der Waals surface area contributed by atoms with E-state index in [0.717, 1.165) is 31.2 Å². The lowest BCUT2D eigenvalue weighted by Gasteiger charge is -2.25. The lowest BCUT2D eigenvalue weighted by atomic mass is 10.0. The number of halogens is 1. The minimum Gasteiger partial charge on any atom is -0.376 e. The molecule has 0 aromatic heterocycles. The van der Waals surface area contributed by atoms with Crippen LogP contribution in [-0.4, -0.2) is 8.42 Å². The van der Waals surface area contributed by atoms with Gasteiger partial charge in [0, 0.05) is 9.26 Å². The normalized spacial score (nSPS) is 17.9. The van der Waals surface area contributed by atoms with Crippen molar-refractivity contribution in [1.29, 1.82) is 0 Å². The Morgan fingerprint density at radius 1 is 0.700 bits per heavy atom. The van der Waals surface area contributed by atoms with Crippen molar-refractivity contribution in [2.75, 3.05) is 5.32 Å². The number of rotatable bonds is 5. The molecule has 2 N–H and O–H groups in total. The third-order valence-corrected chi connectivity index (χ3v) is 7.65. The second kappa shape index (κ2) is 7.68. The molecule has 0 bridgehead atoms. The SMILES string of the molecule is O=S(=O)(NC1c2cccc3cccc(c23)C1Nc1ccc(I)cc1)c1ccccc1. The maximum Gasteiger partial charge on any atom is 0.241 e. The molecule has 5 rings (SSSR count). The molecule has 0 fully saturated rings. The van der Waals surface area contributed by atoms with E-state index in [9.17, 15) is 8.42 Å². The van der Waals surface area contributed by atoms with E-state index in [1.807, 2.05) is 48.5 Å². The van der Waals surface area contributed by atoms with E-state index in [-0.39, 0.29) is 10.9 Å². The third-order valence-electron chi connectivity index (χ3n) is 5.47. The maximum absolute atomic E-state index is 13.2. The first-order valence-electron chi connectivity index (χ1n) is 9.64. The fraction of sp³-hybridized carbons (Fsp3) is 0.0833. The van der Waals surface area contributed by atoms with Gasteiger partial charge in [0.05, 0.1) is 17.0 Å². The minimum atomic E-state index is -3.68. The van der Waals surface area contributed by atoms with Crippen LogP contribution in [-0.2, 0) is 10.0 Å². The largest absolute Gasteiger partial charge is 0.376 e. The zero-order valence-corrected chi connectivity index (χ0v) is 18.9. The number of anilines is 1. The van der Waals surface area contributed by atoms with E-state index >= 15 is 0 Å². The number of hydrogen-bond acceptors (Lipinski definition) is 3. The van der Waals surface area contributed by atoms with Crippen LogP contribution in [0.1, 0.15) is 23.2 Å². The summed E-state index contributed by atoms with van der Waals surface area (Å²) in [6.45, 7) is 0. The Kier molecular flexibility index (Phi) is 5.00. The fourth-order valence-electron chi connectivity index (χ4n) is 4.13. The second-order valence-electron chi connectivity index (χ2n) is 7.33. The smallest absolute Gasteiger partial charge is 0.241 e. The average Bonchev–Trinajstić information content (AvgIpc) is 3.05. The summed E-state index contributed by atoms with van der Waals surface area (Å²) in [5.41, 5.74) is 3.04. The molecule has 0 saturated carbocycles. The Morgan fingerprint density at radius 3 is 2.00 bits per heavy atom. The first-order chi connectivity index (χ1) is 14.5. The van der Waals surface area contributed by atoms with E-state index in [4.69, 9.17) is 0 Å². The van der Waals surface area contributed by atoms with Gasteiger partial charge in [0.15, 0.2) is 0 Å². The lowest BCUT2D eigenvalue weighted by Crippen LogP contribution is -2.33. The van der Waals surface area contributed by atoms with Gasteiger partial charge in [-0.3, -0.25) is 0 Å². The van der Waals surface area contributed by atoms with Crippen LogP contribution in [0.4, 0.5) is 5.69 Å². The van der Waals surface area contributed by atoms with Crippen molar-refractivity contribution in [3.8, 4) is 0 Å². The number of sulfonamides is 1. The topological polar surface area (TPSA) is 58.2 Å². The molecule has 150 valence electrons. The van der Waals surface area contributed by atoms with Gasteiger partial charge in [0.1, 0.15) is 0 Å². The highest BCUT2D eigenvalue weighted by molar-refractivity contribution is 14.1. The molecular formula is C24H19IN2O2S. The summed E-state index contributed by atoms with van der Waals surface area (Å²) in [7, 11) is -3.68. The highest BCUT2D eigenvalue weighted by atomic mass is 127. The standard InChI is InChI=1S/C24H19IN2O2S/c25-17-12-14-18(15-13-17)26-23-20-10-4-6-16-7-5-11-21(22(16)20)24(23)27-30(28,29)19-8-2-1-3-9-19/h1-15,23-24,26-27H. The summed E-state index contributed by atoms with van der Waals surface area (Å²) >= 11 is 2.27. The Bertz CT molecular complexity index is 1320. The van der Waals surface area contributed by atoms with Gasteiger partial charge in [-0.05, 0) is 80.9 Å². The highest BCUT2D eigenvalue weighted by Gasteiger charge is 2.37. The van der Waals surface area contributed by atoms with E-state index in [1.165, 1.54) is 0 Å². The van der Waals surface area contributed by atoms with Gasteiger partial charge in [-0.25, -0.2) is 13.1 Å². The zero-order valence-electron chi connectivity index (χ0n) is 15.9. The number of nitrogens with one attached hydrogen (secondary N) is 2. The second-order valence-corrected chi connectivity index (χ2v) is 10.3. The van der Waals surface area contributed by atoms with Gasteiger partial charge in [0.25, 0.3) is 0 Å². The van der Waals surface area contributed by atoms with E-state index < -0.39 is 16.1 Å². The Hall–Kier alpha value is -2.42. The van der Waals surface area contributed by atoms with Crippen LogP contribution >= 0.6 is 22.6 Å². The molecule has 4 aromatic rings. The molecule has 0 spiro atoms. The van der Waals surface area contributed by atoms with Gasteiger partial charge in [0.2, 0.25) is 10.0 Å². The predicted molar refractivity (Wildman–Crippen MR) is 129 cm³/mol. The van der Waals surface area contributed by atoms with Crippen molar-refractivity contribution in [1.82, 2.24) is 4.72 Å². The van der Waals surface area contributed by atoms with Crippen LogP contribution in [0.15, 0.2) is 95.9 Å². The zero-order chi connectivity index (χ0) is 20.7. The van der Waals surface area contributed by atoms with Crippen LogP contribution in [0.25, 0.3) is 10.8 Å². The van der Waals surface area contributed by atoms with Crippen molar-refractivity contribution in [3.05, 3.63) is 106 Å². The van der Waals surface area contributed by atoms with Gasteiger partial charge >= 0.3 is 0 Å². The monoisotopic (exact) mass is 526 g/mol. The van der Waals surface area contributed by atoms with E-state index in [1.54, 1.807) is 24.3 Å². The van der Waals surface area contributed by atoms with Crippen LogP contribution in [0.3, 0.4) is 0 Å². The average molecular weight is 526 g/mol. The van der Waals surface area contributed by atoms with E-state index in [0.29, 0.717) is 0 Å².